The minimum Gasteiger partial charge on any atom is -0.507 e. The Morgan fingerprint density at radius 3 is 2.42 bits per heavy atom. The third kappa shape index (κ3) is 6.79. The lowest BCUT2D eigenvalue weighted by Crippen LogP contribution is -2.06. The molecule has 0 unspecified atom stereocenters. The van der Waals surface area contributed by atoms with Crippen molar-refractivity contribution in [2.75, 3.05) is 6.61 Å². The summed E-state index contributed by atoms with van der Waals surface area (Å²) in [5, 5.41) is 10.1. The molecule has 2 rings (SSSR count). The molecule has 1 N–H and O–H groups in total. The van der Waals surface area contributed by atoms with Gasteiger partial charge in [-0.25, -0.2) is 4.79 Å². The molecule has 0 fully saturated rings. The van der Waals surface area contributed by atoms with E-state index in [1.807, 2.05) is 30.3 Å². The summed E-state index contributed by atoms with van der Waals surface area (Å²) in [6.07, 6.45) is 7.18. The number of phenols is 1. The highest BCUT2D eigenvalue weighted by molar-refractivity contribution is 5.92. The highest BCUT2D eigenvalue weighted by atomic mass is 16.5. The van der Waals surface area contributed by atoms with Crippen LogP contribution in [0.5, 0.6) is 11.5 Å². The fourth-order valence-corrected chi connectivity index (χ4v) is 2.65. The first-order valence-corrected chi connectivity index (χ1v) is 9.37. The summed E-state index contributed by atoms with van der Waals surface area (Å²) in [5.41, 5.74) is 1.05. The van der Waals surface area contributed by atoms with E-state index in [9.17, 15) is 9.90 Å². The standard InChI is InChI=1S/C22H28O4/c1-2-3-4-5-6-10-15-25-19-13-14-20(21(23)16-19)22(24)26-17-18-11-8-7-9-12-18/h7-9,11-14,16,23H,2-6,10,15,17H2,1H3. The summed E-state index contributed by atoms with van der Waals surface area (Å²) < 4.78 is 10.9. The van der Waals surface area contributed by atoms with Gasteiger partial charge in [-0.3, -0.25) is 0 Å². The Morgan fingerprint density at radius 1 is 0.962 bits per heavy atom. The van der Waals surface area contributed by atoms with Crippen molar-refractivity contribution in [3.63, 3.8) is 0 Å². The van der Waals surface area contributed by atoms with E-state index in [0.717, 1.165) is 18.4 Å². The zero-order valence-corrected chi connectivity index (χ0v) is 15.4. The van der Waals surface area contributed by atoms with Crippen molar-refractivity contribution in [3.8, 4) is 11.5 Å². The maximum atomic E-state index is 12.1. The van der Waals surface area contributed by atoms with Gasteiger partial charge in [0.15, 0.2) is 0 Å². The normalized spacial score (nSPS) is 10.5. The number of benzene rings is 2. The summed E-state index contributed by atoms with van der Waals surface area (Å²) in [5.74, 6) is -0.104. The number of ether oxygens (including phenoxy) is 2. The number of esters is 1. The third-order valence-electron chi connectivity index (χ3n) is 4.17. The molecule has 0 aliphatic carbocycles. The van der Waals surface area contributed by atoms with Crippen LogP contribution in [0.2, 0.25) is 0 Å². The van der Waals surface area contributed by atoms with Crippen LogP contribution in [0, 0.1) is 0 Å². The van der Waals surface area contributed by atoms with E-state index < -0.39 is 5.97 Å². The van der Waals surface area contributed by atoms with Gasteiger partial charge >= 0.3 is 5.97 Å². The van der Waals surface area contributed by atoms with E-state index in [4.69, 9.17) is 9.47 Å². The molecule has 0 spiro atoms. The van der Waals surface area contributed by atoms with Gasteiger partial charge in [0.1, 0.15) is 23.7 Å². The van der Waals surface area contributed by atoms with Gasteiger partial charge in [0, 0.05) is 6.07 Å². The van der Waals surface area contributed by atoms with Crippen molar-refractivity contribution in [1.82, 2.24) is 0 Å². The SMILES string of the molecule is CCCCCCCCOc1ccc(C(=O)OCc2ccccc2)c(O)c1. The molecule has 26 heavy (non-hydrogen) atoms. The van der Waals surface area contributed by atoms with E-state index in [1.165, 1.54) is 31.7 Å². The third-order valence-corrected chi connectivity index (χ3v) is 4.17. The quantitative estimate of drug-likeness (QED) is 0.427. The first-order chi connectivity index (χ1) is 12.7. The minimum absolute atomic E-state index is 0.122. The first-order valence-electron chi connectivity index (χ1n) is 9.37. The Morgan fingerprint density at radius 2 is 1.69 bits per heavy atom. The second-order valence-electron chi connectivity index (χ2n) is 6.36. The lowest BCUT2D eigenvalue weighted by atomic mass is 10.1. The molecule has 0 saturated carbocycles. The molecule has 0 aliphatic rings. The largest absolute Gasteiger partial charge is 0.507 e. The van der Waals surface area contributed by atoms with Gasteiger partial charge in [0.05, 0.1) is 6.61 Å². The molecule has 0 aliphatic heterocycles. The summed E-state index contributed by atoms with van der Waals surface area (Å²) in [7, 11) is 0. The van der Waals surface area contributed by atoms with Crippen molar-refractivity contribution in [1.29, 1.82) is 0 Å². The maximum absolute atomic E-state index is 12.1. The molecular weight excluding hydrogens is 328 g/mol. The zero-order chi connectivity index (χ0) is 18.6. The number of rotatable bonds is 11. The molecule has 0 bridgehead atoms. The summed E-state index contributed by atoms with van der Waals surface area (Å²) in [6.45, 7) is 3.00. The number of phenolic OH excluding ortho intramolecular Hbond substituents is 1. The average Bonchev–Trinajstić information content (AvgIpc) is 2.66. The Balaban J connectivity index is 1.76. The maximum Gasteiger partial charge on any atom is 0.342 e. The fourth-order valence-electron chi connectivity index (χ4n) is 2.65. The molecule has 2 aromatic rings. The van der Waals surface area contributed by atoms with E-state index in [1.54, 1.807) is 12.1 Å². The number of aromatic hydroxyl groups is 1. The lowest BCUT2D eigenvalue weighted by molar-refractivity contribution is 0.0469. The zero-order valence-electron chi connectivity index (χ0n) is 15.4. The van der Waals surface area contributed by atoms with Crippen LogP contribution >= 0.6 is 0 Å². The van der Waals surface area contributed by atoms with Crippen LogP contribution in [0.1, 0.15) is 61.4 Å². The number of hydrogen-bond donors (Lipinski definition) is 1. The van der Waals surface area contributed by atoms with Crippen molar-refractivity contribution >= 4 is 5.97 Å². The first kappa shape index (κ1) is 19.8. The average molecular weight is 356 g/mol. The van der Waals surface area contributed by atoms with Crippen molar-refractivity contribution in [2.45, 2.75) is 52.1 Å². The molecule has 0 heterocycles. The Kier molecular flexibility index (Phi) is 8.53. The highest BCUT2D eigenvalue weighted by Crippen LogP contribution is 2.25. The smallest absolute Gasteiger partial charge is 0.342 e. The Bertz CT molecular complexity index is 667. The number of carbonyl (C=O) groups is 1. The molecule has 4 nitrogen and oxygen atoms in total. The van der Waals surface area contributed by atoms with E-state index in [0.29, 0.717) is 12.4 Å². The number of unbranched alkanes of at least 4 members (excludes halogenated alkanes) is 5. The van der Waals surface area contributed by atoms with E-state index in [2.05, 4.69) is 6.92 Å². The molecule has 0 amide bonds. The van der Waals surface area contributed by atoms with Gasteiger partial charge in [0.2, 0.25) is 0 Å². The Labute approximate surface area is 155 Å². The van der Waals surface area contributed by atoms with Gasteiger partial charge in [-0.2, -0.15) is 0 Å². The predicted octanol–water partition coefficient (Wildman–Crippen LogP) is 5.49. The molecule has 0 radical (unpaired) electrons. The van der Waals surface area contributed by atoms with Gasteiger partial charge in [0.25, 0.3) is 0 Å². The summed E-state index contributed by atoms with van der Waals surface area (Å²) >= 11 is 0. The van der Waals surface area contributed by atoms with Gasteiger partial charge in [-0.1, -0.05) is 69.4 Å². The van der Waals surface area contributed by atoms with Crippen LogP contribution in [-0.2, 0) is 11.3 Å². The van der Waals surface area contributed by atoms with Crippen LogP contribution < -0.4 is 4.74 Å². The second-order valence-corrected chi connectivity index (χ2v) is 6.36. The lowest BCUT2D eigenvalue weighted by Gasteiger charge is -2.10. The molecular formula is C22H28O4. The second kappa shape index (κ2) is 11.2. The van der Waals surface area contributed by atoms with Crippen LogP contribution in [0.25, 0.3) is 0 Å². The highest BCUT2D eigenvalue weighted by Gasteiger charge is 2.13. The molecule has 2 aromatic carbocycles. The van der Waals surface area contributed by atoms with Crippen molar-refractivity contribution in [2.24, 2.45) is 0 Å². The molecule has 0 aromatic heterocycles. The van der Waals surface area contributed by atoms with Crippen LogP contribution in [0.3, 0.4) is 0 Å². The summed E-state index contributed by atoms with van der Waals surface area (Å²) in [6, 6.07) is 14.1. The minimum atomic E-state index is -0.547. The topological polar surface area (TPSA) is 55.8 Å². The molecule has 0 atom stereocenters. The molecule has 0 saturated heterocycles. The number of carbonyl (C=O) groups excluding carboxylic acids is 1. The fraction of sp³-hybridized carbons (Fsp3) is 0.409. The van der Waals surface area contributed by atoms with Crippen molar-refractivity contribution < 1.29 is 19.4 Å². The Hall–Kier alpha value is -2.49. The number of hydrogen-bond acceptors (Lipinski definition) is 4. The van der Waals surface area contributed by atoms with Crippen LogP contribution in [0.4, 0.5) is 0 Å². The van der Waals surface area contributed by atoms with Gasteiger partial charge in [-0.15, -0.1) is 0 Å². The summed E-state index contributed by atoms with van der Waals surface area (Å²) in [4.78, 5) is 12.1. The molecule has 140 valence electrons. The monoisotopic (exact) mass is 356 g/mol. The van der Waals surface area contributed by atoms with Gasteiger partial charge < -0.3 is 14.6 Å². The molecule has 4 heteroatoms. The van der Waals surface area contributed by atoms with Crippen LogP contribution in [-0.4, -0.2) is 17.7 Å². The van der Waals surface area contributed by atoms with Gasteiger partial charge in [-0.05, 0) is 24.1 Å². The predicted molar refractivity (Wildman–Crippen MR) is 103 cm³/mol. The van der Waals surface area contributed by atoms with Crippen LogP contribution in [0.15, 0.2) is 48.5 Å². The van der Waals surface area contributed by atoms with E-state index >= 15 is 0 Å². The van der Waals surface area contributed by atoms with Crippen molar-refractivity contribution in [3.05, 3.63) is 59.7 Å². The van der Waals surface area contributed by atoms with E-state index in [-0.39, 0.29) is 17.9 Å².